The Hall–Kier alpha value is -1.35. The first-order valence-electron chi connectivity index (χ1n) is 7.90. The summed E-state index contributed by atoms with van der Waals surface area (Å²) in [5.74, 6) is -0.377. The third-order valence-electron chi connectivity index (χ3n) is 4.64. The Labute approximate surface area is 127 Å². The van der Waals surface area contributed by atoms with Crippen LogP contribution >= 0.6 is 0 Å². The fourth-order valence-electron chi connectivity index (χ4n) is 3.62. The van der Waals surface area contributed by atoms with Gasteiger partial charge in [0, 0.05) is 0 Å². The van der Waals surface area contributed by atoms with Gasteiger partial charge in [-0.15, -0.1) is 0 Å². The molecule has 0 bridgehead atoms. The summed E-state index contributed by atoms with van der Waals surface area (Å²) in [4.78, 5) is 12.4. The molecule has 1 aromatic carbocycles. The summed E-state index contributed by atoms with van der Waals surface area (Å²) < 4.78 is 5.23. The largest absolute Gasteiger partial charge is 0.466 e. The van der Waals surface area contributed by atoms with Crippen LogP contribution in [0.3, 0.4) is 0 Å². The fraction of sp³-hybridized carbons (Fsp3) is 0.611. The van der Waals surface area contributed by atoms with Gasteiger partial charge in [0.1, 0.15) is 5.60 Å². The number of hydrogen-bond acceptors (Lipinski definition) is 3. The molecule has 0 heterocycles. The SMILES string of the molecule is CCOC(=O)C(C(C)C)C1(O)CCC(C)c2ccccc21. The number of ether oxygens (including phenoxy) is 1. The molecule has 2 rings (SSSR count). The number of esters is 1. The highest BCUT2D eigenvalue weighted by Gasteiger charge is 2.48. The standard InChI is InChI=1S/C18H26O3/c1-5-21-17(19)16(12(2)3)18(20)11-10-13(4)14-8-6-7-9-15(14)18/h6-9,12-13,16,20H,5,10-11H2,1-4H3. The zero-order valence-corrected chi connectivity index (χ0v) is 13.4. The van der Waals surface area contributed by atoms with Crippen molar-refractivity contribution in [3.05, 3.63) is 35.4 Å². The molecule has 0 amide bonds. The number of hydrogen-bond donors (Lipinski definition) is 1. The van der Waals surface area contributed by atoms with Gasteiger partial charge in [0.2, 0.25) is 0 Å². The second kappa shape index (κ2) is 6.18. The maximum absolute atomic E-state index is 12.4. The van der Waals surface area contributed by atoms with E-state index in [2.05, 4.69) is 13.0 Å². The summed E-state index contributed by atoms with van der Waals surface area (Å²) in [6.07, 6.45) is 1.49. The van der Waals surface area contributed by atoms with Crippen molar-refractivity contribution in [3.63, 3.8) is 0 Å². The molecule has 0 radical (unpaired) electrons. The Morgan fingerprint density at radius 2 is 2.10 bits per heavy atom. The van der Waals surface area contributed by atoms with E-state index < -0.39 is 11.5 Å². The Morgan fingerprint density at radius 3 is 2.71 bits per heavy atom. The molecule has 1 aromatic rings. The van der Waals surface area contributed by atoms with Crippen LogP contribution in [-0.4, -0.2) is 17.7 Å². The van der Waals surface area contributed by atoms with Gasteiger partial charge in [-0.3, -0.25) is 4.79 Å². The average Bonchev–Trinajstić information content (AvgIpc) is 2.44. The fourth-order valence-corrected chi connectivity index (χ4v) is 3.62. The third-order valence-corrected chi connectivity index (χ3v) is 4.64. The maximum Gasteiger partial charge on any atom is 0.312 e. The van der Waals surface area contributed by atoms with Crippen molar-refractivity contribution in [2.75, 3.05) is 6.61 Å². The molecule has 3 heteroatoms. The lowest BCUT2D eigenvalue weighted by Gasteiger charge is -2.43. The molecule has 1 aliphatic carbocycles. The first-order chi connectivity index (χ1) is 9.91. The Kier molecular flexibility index (Phi) is 4.72. The van der Waals surface area contributed by atoms with Crippen LogP contribution in [0, 0.1) is 11.8 Å². The molecule has 0 saturated carbocycles. The van der Waals surface area contributed by atoms with Crippen LogP contribution in [0.5, 0.6) is 0 Å². The minimum absolute atomic E-state index is 0.0236. The van der Waals surface area contributed by atoms with Gasteiger partial charge < -0.3 is 9.84 Å². The van der Waals surface area contributed by atoms with E-state index in [0.29, 0.717) is 18.9 Å². The van der Waals surface area contributed by atoms with Crippen molar-refractivity contribution in [1.82, 2.24) is 0 Å². The lowest BCUT2D eigenvalue weighted by atomic mass is 9.66. The minimum atomic E-state index is -1.12. The van der Waals surface area contributed by atoms with Crippen molar-refractivity contribution in [2.24, 2.45) is 11.8 Å². The molecule has 0 aliphatic heterocycles. The van der Waals surface area contributed by atoms with Gasteiger partial charge in [0.05, 0.1) is 12.5 Å². The maximum atomic E-state index is 12.4. The number of aliphatic hydroxyl groups is 1. The summed E-state index contributed by atoms with van der Waals surface area (Å²) in [5, 5.41) is 11.4. The van der Waals surface area contributed by atoms with Crippen LogP contribution in [0.15, 0.2) is 24.3 Å². The van der Waals surface area contributed by atoms with Crippen LogP contribution in [-0.2, 0) is 15.1 Å². The summed E-state index contributed by atoms with van der Waals surface area (Å²) >= 11 is 0. The van der Waals surface area contributed by atoms with Crippen molar-refractivity contribution >= 4 is 5.97 Å². The first-order valence-corrected chi connectivity index (χ1v) is 7.90. The molecule has 3 unspecified atom stereocenters. The summed E-state index contributed by atoms with van der Waals surface area (Å²) in [6.45, 7) is 8.26. The Balaban J connectivity index is 2.49. The van der Waals surface area contributed by atoms with E-state index >= 15 is 0 Å². The van der Waals surface area contributed by atoms with Crippen LogP contribution in [0.25, 0.3) is 0 Å². The molecular weight excluding hydrogens is 264 g/mol. The smallest absolute Gasteiger partial charge is 0.312 e. The number of carbonyl (C=O) groups is 1. The number of benzene rings is 1. The molecule has 0 aromatic heterocycles. The highest BCUT2D eigenvalue weighted by molar-refractivity contribution is 5.75. The third kappa shape index (κ3) is 2.84. The molecular formula is C18H26O3. The van der Waals surface area contributed by atoms with Gasteiger partial charge in [-0.05, 0) is 42.7 Å². The average molecular weight is 290 g/mol. The van der Waals surface area contributed by atoms with Crippen molar-refractivity contribution < 1.29 is 14.6 Å². The lowest BCUT2D eigenvalue weighted by Crippen LogP contribution is -2.46. The number of fused-ring (bicyclic) bond motifs is 1. The Bertz CT molecular complexity index is 509. The highest BCUT2D eigenvalue weighted by Crippen LogP contribution is 2.47. The molecule has 3 nitrogen and oxygen atoms in total. The van der Waals surface area contributed by atoms with E-state index in [0.717, 1.165) is 17.5 Å². The minimum Gasteiger partial charge on any atom is -0.466 e. The second-order valence-corrected chi connectivity index (χ2v) is 6.42. The number of carbonyl (C=O) groups excluding carboxylic acids is 1. The van der Waals surface area contributed by atoms with E-state index in [9.17, 15) is 9.90 Å². The van der Waals surface area contributed by atoms with E-state index in [1.165, 1.54) is 0 Å². The van der Waals surface area contributed by atoms with Gasteiger partial charge in [0.15, 0.2) is 0 Å². The summed E-state index contributed by atoms with van der Waals surface area (Å²) in [7, 11) is 0. The summed E-state index contributed by atoms with van der Waals surface area (Å²) in [5.41, 5.74) is 0.931. The zero-order chi connectivity index (χ0) is 15.6. The topological polar surface area (TPSA) is 46.5 Å². The van der Waals surface area contributed by atoms with Gasteiger partial charge in [-0.1, -0.05) is 45.0 Å². The molecule has 1 N–H and O–H groups in total. The van der Waals surface area contributed by atoms with Gasteiger partial charge in [0.25, 0.3) is 0 Å². The summed E-state index contributed by atoms with van der Waals surface area (Å²) in [6, 6.07) is 7.95. The Morgan fingerprint density at radius 1 is 1.43 bits per heavy atom. The van der Waals surface area contributed by atoms with Crippen LogP contribution < -0.4 is 0 Å². The molecule has 0 fully saturated rings. The predicted molar refractivity (Wildman–Crippen MR) is 82.9 cm³/mol. The lowest BCUT2D eigenvalue weighted by molar-refractivity contribution is -0.165. The second-order valence-electron chi connectivity index (χ2n) is 6.42. The van der Waals surface area contributed by atoms with Crippen molar-refractivity contribution in [1.29, 1.82) is 0 Å². The van der Waals surface area contributed by atoms with Gasteiger partial charge >= 0.3 is 5.97 Å². The van der Waals surface area contributed by atoms with E-state index in [4.69, 9.17) is 4.74 Å². The zero-order valence-electron chi connectivity index (χ0n) is 13.4. The predicted octanol–water partition coefficient (Wildman–Crippen LogP) is 3.61. The number of rotatable bonds is 4. The van der Waals surface area contributed by atoms with Crippen LogP contribution in [0.4, 0.5) is 0 Å². The van der Waals surface area contributed by atoms with Crippen molar-refractivity contribution in [3.8, 4) is 0 Å². The molecule has 0 saturated heterocycles. The van der Waals surface area contributed by atoms with Crippen LogP contribution in [0.1, 0.15) is 57.6 Å². The van der Waals surface area contributed by atoms with E-state index in [-0.39, 0.29) is 11.9 Å². The quantitative estimate of drug-likeness (QED) is 0.862. The highest BCUT2D eigenvalue weighted by atomic mass is 16.5. The first kappa shape index (κ1) is 16.0. The van der Waals surface area contributed by atoms with Gasteiger partial charge in [-0.25, -0.2) is 0 Å². The van der Waals surface area contributed by atoms with E-state index in [1.54, 1.807) is 6.92 Å². The molecule has 116 valence electrons. The van der Waals surface area contributed by atoms with Crippen LogP contribution in [0.2, 0.25) is 0 Å². The van der Waals surface area contributed by atoms with E-state index in [1.807, 2.05) is 32.0 Å². The molecule has 0 spiro atoms. The van der Waals surface area contributed by atoms with Gasteiger partial charge in [-0.2, -0.15) is 0 Å². The van der Waals surface area contributed by atoms with Crippen molar-refractivity contribution in [2.45, 2.75) is 52.1 Å². The molecule has 1 aliphatic rings. The normalized spacial score (nSPS) is 26.3. The monoisotopic (exact) mass is 290 g/mol. The molecule has 3 atom stereocenters. The molecule has 21 heavy (non-hydrogen) atoms.